The minimum absolute atomic E-state index is 0.0218. The van der Waals surface area contributed by atoms with Crippen molar-refractivity contribution in [2.45, 2.75) is 553 Å². The molecule has 0 saturated heterocycles. The summed E-state index contributed by atoms with van der Waals surface area (Å²) in [5, 5.41) is 23.5. The van der Waals surface area contributed by atoms with Gasteiger partial charge in [0.05, 0.1) is 25.4 Å². The molecule has 96 heavy (non-hydrogen) atoms. The summed E-state index contributed by atoms with van der Waals surface area (Å²) in [6, 6.07) is -0.538. The number of ether oxygens (including phenoxy) is 1. The minimum Gasteiger partial charge on any atom is -0.466 e. The first-order valence-corrected chi connectivity index (χ1v) is 45.3. The van der Waals surface area contributed by atoms with Crippen LogP contribution in [0.3, 0.4) is 0 Å². The van der Waals surface area contributed by atoms with Crippen molar-refractivity contribution < 1.29 is 24.5 Å². The lowest BCUT2D eigenvalue weighted by molar-refractivity contribution is -0.143. The lowest BCUT2D eigenvalue weighted by Gasteiger charge is -2.22. The van der Waals surface area contributed by atoms with Crippen molar-refractivity contribution in [3.8, 4) is 0 Å². The lowest BCUT2D eigenvalue weighted by Crippen LogP contribution is -2.45. The van der Waals surface area contributed by atoms with Gasteiger partial charge in [0.15, 0.2) is 0 Å². The topological polar surface area (TPSA) is 95.9 Å². The lowest BCUT2D eigenvalue weighted by atomic mass is 10.0. The van der Waals surface area contributed by atoms with E-state index in [0.29, 0.717) is 25.9 Å². The maximum Gasteiger partial charge on any atom is 0.305 e. The molecule has 1 amide bonds. The number of carbonyl (C=O) groups excluding carboxylic acids is 2. The number of aliphatic hydroxyl groups is 2. The Morgan fingerprint density at radius 2 is 0.427 bits per heavy atom. The Bertz CT molecular complexity index is 1420. The van der Waals surface area contributed by atoms with Crippen molar-refractivity contribution in [1.29, 1.82) is 0 Å². The number of nitrogens with one attached hydrogen (secondary N) is 1. The molecule has 0 aromatic heterocycles. The van der Waals surface area contributed by atoms with Gasteiger partial charge in [0.1, 0.15) is 0 Å². The van der Waals surface area contributed by atoms with Crippen LogP contribution in [-0.2, 0) is 14.3 Å². The van der Waals surface area contributed by atoms with Crippen molar-refractivity contribution in [2.75, 3.05) is 13.2 Å². The first-order chi connectivity index (χ1) is 47.5. The van der Waals surface area contributed by atoms with Crippen LogP contribution in [-0.4, -0.2) is 47.4 Å². The van der Waals surface area contributed by atoms with Gasteiger partial charge in [-0.15, -0.1) is 0 Å². The molecule has 2 atom stereocenters. The third kappa shape index (κ3) is 81.8. The third-order valence-corrected chi connectivity index (χ3v) is 21.9. The molecule has 0 aromatic rings. The fraction of sp³-hybridized carbons (Fsp3) is 0.978. The summed E-state index contributed by atoms with van der Waals surface area (Å²) in [5.41, 5.74) is 0. The summed E-state index contributed by atoms with van der Waals surface area (Å²) in [6.45, 7) is 5.03. The first kappa shape index (κ1) is 94.9. The van der Waals surface area contributed by atoms with E-state index in [1.807, 2.05) is 0 Å². The first-order valence-electron chi connectivity index (χ1n) is 45.3. The molecule has 6 nitrogen and oxygen atoms in total. The Kier molecular flexibility index (Phi) is 85.2. The van der Waals surface area contributed by atoms with Crippen molar-refractivity contribution in [2.24, 2.45) is 0 Å². The fourth-order valence-electron chi connectivity index (χ4n) is 15.1. The van der Waals surface area contributed by atoms with Gasteiger partial charge in [0.25, 0.3) is 0 Å². The molecule has 574 valence electrons. The van der Waals surface area contributed by atoms with E-state index < -0.39 is 12.1 Å². The Hall–Kier alpha value is -1.14. The molecular weight excluding hydrogens is 1170 g/mol. The summed E-state index contributed by atoms with van der Waals surface area (Å²) in [4.78, 5) is 24.7. The van der Waals surface area contributed by atoms with Gasteiger partial charge in [-0.1, -0.05) is 502 Å². The number of unbranched alkanes of at least 4 members (excludes halogenated alkanes) is 76. The molecule has 0 saturated carbocycles. The highest BCUT2D eigenvalue weighted by atomic mass is 16.5. The molecule has 0 bridgehead atoms. The molecule has 0 rings (SSSR count). The molecule has 3 N–H and O–H groups in total. The van der Waals surface area contributed by atoms with E-state index in [0.717, 1.165) is 38.5 Å². The fourth-order valence-corrected chi connectivity index (χ4v) is 15.1. The van der Waals surface area contributed by atoms with Gasteiger partial charge in [-0.3, -0.25) is 9.59 Å². The summed E-state index contributed by atoms with van der Waals surface area (Å²) in [6.07, 6.45) is 110. The highest BCUT2D eigenvalue weighted by molar-refractivity contribution is 5.76. The second-order valence-electron chi connectivity index (χ2n) is 31.7. The monoisotopic (exact) mass is 1350 g/mol. The van der Waals surface area contributed by atoms with Gasteiger partial charge in [-0.05, 0) is 25.7 Å². The number of esters is 1. The predicted molar refractivity (Wildman–Crippen MR) is 426 cm³/mol. The second-order valence-corrected chi connectivity index (χ2v) is 31.7. The van der Waals surface area contributed by atoms with Crippen LogP contribution in [0.5, 0.6) is 0 Å². The third-order valence-electron chi connectivity index (χ3n) is 21.9. The summed E-state index contributed by atoms with van der Waals surface area (Å²) < 4.78 is 5.52. The maximum absolute atomic E-state index is 12.6. The average Bonchev–Trinajstić information content (AvgIpc) is 3.49. The summed E-state index contributed by atoms with van der Waals surface area (Å²) >= 11 is 0. The highest BCUT2D eigenvalue weighted by Crippen LogP contribution is 2.22. The zero-order valence-corrected chi connectivity index (χ0v) is 66.2. The predicted octanol–water partition coefficient (Wildman–Crippen LogP) is 30.4. The van der Waals surface area contributed by atoms with Crippen LogP contribution in [0.2, 0.25) is 0 Å². The molecule has 0 spiro atoms. The largest absolute Gasteiger partial charge is 0.466 e. The number of hydrogen-bond acceptors (Lipinski definition) is 5. The van der Waals surface area contributed by atoms with Crippen LogP contribution >= 0.6 is 0 Å². The maximum atomic E-state index is 12.6. The number of amides is 1. The van der Waals surface area contributed by atoms with Crippen LogP contribution in [0.25, 0.3) is 0 Å². The Morgan fingerprint density at radius 3 is 0.635 bits per heavy atom. The van der Waals surface area contributed by atoms with Crippen molar-refractivity contribution in [3.63, 3.8) is 0 Å². The minimum atomic E-state index is -0.661. The van der Waals surface area contributed by atoms with E-state index in [-0.39, 0.29) is 18.5 Å². The summed E-state index contributed by atoms with van der Waals surface area (Å²) in [5.74, 6) is 0.00735. The molecule has 0 radical (unpaired) electrons. The highest BCUT2D eigenvalue weighted by Gasteiger charge is 2.20. The normalized spacial score (nSPS) is 12.3. The second kappa shape index (κ2) is 86.3. The van der Waals surface area contributed by atoms with E-state index in [9.17, 15) is 19.8 Å². The number of carbonyl (C=O) groups is 2. The SMILES string of the molecule is CCCCCCCCCCCCCCCCCCCCCCCCCCCC(O)C(CO)NC(=O)CCCCCCCCCCCCCCCCCCCCCCCCCCCCCCCCCCCCCCCOC(=O)CCCCCCCCCCCCCCCCCCC. The molecular formula is C90H179NO5. The van der Waals surface area contributed by atoms with E-state index in [1.165, 1.54) is 469 Å². The molecule has 0 aliphatic carbocycles. The summed E-state index contributed by atoms with van der Waals surface area (Å²) in [7, 11) is 0. The molecule has 0 heterocycles. The van der Waals surface area contributed by atoms with Gasteiger partial charge >= 0.3 is 5.97 Å². The van der Waals surface area contributed by atoms with Crippen molar-refractivity contribution >= 4 is 11.9 Å². The van der Waals surface area contributed by atoms with Crippen LogP contribution in [0.4, 0.5) is 0 Å². The van der Waals surface area contributed by atoms with Crippen LogP contribution in [0, 0.1) is 0 Å². The van der Waals surface area contributed by atoms with E-state index >= 15 is 0 Å². The quantitative estimate of drug-likeness (QED) is 0.0417. The molecule has 0 fully saturated rings. The zero-order valence-electron chi connectivity index (χ0n) is 66.2. The van der Waals surface area contributed by atoms with Crippen LogP contribution < -0.4 is 5.32 Å². The Labute approximate surface area is 604 Å². The van der Waals surface area contributed by atoms with Crippen LogP contribution in [0.15, 0.2) is 0 Å². The zero-order chi connectivity index (χ0) is 69.1. The standard InChI is InChI=1S/C90H179NO5/c1-3-5-7-9-11-13-15-17-19-21-22-23-24-38-41-44-47-51-54-58-62-66-70-74-78-82-88(93)87(86-92)91-89(94)83-79-75-71-67-63-59-55-52-48-45-42-39-36-34-32-30-28-26-25-27-29-31-33-35-37-40-43-46-49-53-57-61-65-69-73-77-81-85-96-90(95)84-80-76-72-68-64-60-56-50-20-18-16-14-12-10-8-6-4-2/h87-88,92-93H,3-86H2,1-2H3,(H,91,94). The van der Waals surface area contributed by atoms with Gasteiger partial charge in [-0.25, -0.2) is 0 Å². The number of rotatable bonds is 87. The van der Waals surface area contributed by atoms with Gasteiger partial charge in [0.2, 0.25) is 5.91 Å². The van der Waals surface area contributed by atoms with Gasteiger partial charge in [-0.2, -0.15) is 0 Å². The smallest absolute Gasteiger partial charge is 0.305 e. The van der Waals surface area contributed by atoms with Gasteiger partial charge in [0, 0.05) is 12.8 Å². The molecule has 2 unspecified atom stereocenters. The van der Waals surface area contributed by atoms with E-state index in [4.69, 9.17) is 4.74 Å². The van der Waals surface area contributed by atoms with E-state index in [2.05, 4.69) is 19.2 Å². The van der Waals surface area contributed by atoms with Crippen molar-refractivity contribution in [1.82, 2.24) is 5.32 Å². The average molecular weight is 1360 g/mol. The van der Waals surface area contributed by atoms with Gasteiger partial charge < -0.3 is 20.3 Å². The van der Waals surface area contributed by atoms with Crippen molar-refractivity contribution in [3.05, 3.63) is 0 Å². The Balaban J connectivity index is 3.29. The Morgan fingerprint density at radius 1 is 0.250 bits per heavy atom. The molecule has 0 aliphatic rings. The van der Waals surface area contributed by atoms with Crippen LogP contribution in [0.1, 0.15) is 540 Å². The number of hydrogen-bond donors (Lipinski definition) is 3. The molecule has 0 aromatic carbocycles. The van der Waals surface area contributed by atoms with E-state index in [1.54, 1.807) is 0 Å². The molecule has 0 aliphatic heterocycles. The number of aliphatic hydroxyl groups excluding tert-OH is 2. The molecule has 6 heteroatoms.